The van der Waals surface area contributed by atoms with E-state index in [1.807, 2.05) is 0 Å². The molecule has 1 aromatic heterocycles. The minimum atomic E-state index is -0.582. The highest BCUT2D eigenvalue weighted by atomic mass is 32.1. The van der Waals surface area contributed by atoms with Gasteiger partial charge in [-0.15, -0.1) is 10.2 Å². The maximum absolute atomic E-state index is 12.1. The Hall–Kier alpha value is -2.35. The quantitative estimate of drug-likeness (QED) is 0.653. The Kier molecular flexibility index (Phi) is 4.94. The first-order valence-corrected chi connectivity index (χ1v) is 7.30. The van der Waals surface area contributed by atoms with E-state index in [9.17, 15) is 14.9 Å². The normalized spacial score (nSPS) is 10.3. The molecule has 1 aromatic carbocycles. The molecule has 21 heavy (non-hydrogen) atoms. The molecule has 0 aliphatic carbocycles. The molecule has 0 fully saturated rings. The van der Waals surface area contributed by atoms with Crippen molar-refractivity contribution < 1.29 is 9.72 Å². The van der Waals surface area contributed by atoms with Crippen molar-refractivity contribution in [2.45, 2.75) is 26.2 Å². The molecule has 7 nitrogen and oxygen atoms in total. The van der Waals surface area contributed by atoms with Crippen LogP contribution >= 0.6 is 11.3 Å². The first-order chi connectivity index (χ1) is 10.1. The molecule has 0 bridgehead atoms. The fourth-order valence-electron chi connectivity index (χ4n) is 1.72. The van der Waals surface area contributed by atoms with E-state index in [2.05, 4.69) is 22.4 Å². The largest absolute Gasteiger partial charge is 0.296 e. The van der Waals surface area contributed by atoms with E-state index >= 15 is 0 Å². The zero-order valence-corrected chi connectivity index (χ0v) is 12.2. The van der Waals surface area contributed by atoms with Crippen molar-refractivity contribution in [3.05, 3.63) is 45.0 Å². The first-order valence-electron chi connectivity index (χ1n) is 6.49. The van der Waals surface area contributed by atoms with Crippen LogP contribution in [0.25, 0.3) is 0 Å². The zero-order chi connectivity index (χ0) is 15.2. The lowest BCUT2D eigenvalue weighted by molar-refractivity contribution is -0.385. The van der Waals surface area contributed by atoms with Crippen LogP contribution in [0.5, 0.6) is 0 Å². The lowest BCUT2D eigenvalue weighted by Gasteiger charge is -2.01. The second-order valence-electron chi connectivity index (χ2n) is 4.33. The summed E-state index contributed by atoms with van der Waals surface area (Å²) in [4.78, 5) is 22.4. The van der Waals surface area contributed by atoms with E-state index in [1.54, 1.807) is 6.07 Å². The lowest BCUT2D eigenvalue weighted by Crippen LogP contribution is -2.13. The average molecular weight is 306 g/mol. The summed E-state index contributed by atoms with van der Waals surface area (Å²) in [5, 5.41) is 22.5. The molecular formula is C13H14N4O3S. The molecule has 0 atom stereocenters. The molecule has 0 radical (unpaired) electrons. The third-order valence-corrected chi connectivity index (χ3v) is 3.68. The molecule has 1 heterocycles. The van der Waals surface area contributed by atoms with Crippen molar-refractivity contribution in [2.75, 3.05) is 5.32 Å². The number of nitrogens with zero attached hydrogens (tertiary/aromatic N) is 3. The van der Waals surface area contributed by atoms with E-state index in [1.165, 1.54) is 29.5 Å². The smallest absolute Gasteiger partial charge is 0.282 e. The van der Waals surface area contributed by atoms with Crippen LogP contribution in [-0.4, -0.2) is 21.0 Å². The van der Waals surface area contributed by atoms with Crippen LogP contribution < -0.4 is 5.32 Å². The van der Waals surface area contributed by atoms with E-state index in [-0.39, 0.29) is 11.3 Å². The number of nitro groups is 1. The Morgan fingerprint density at radius 3 is 2.86 bits per heavy atom. The third kappa shape index (κ3) is 3.82. The van der Waals surface area contributed by atoms with Crippen LogP contribution in [-0.2, 0) is 6.42 Å². The summed E-state index contributed by atoms with van der Waals surface area (Å²) < 4.78 is 0. The Bertz CT molecular complexity index is 656. The number of unbranched alkanes of at least 4 members (excludes halogenated alkanes) is 1. The number of nitrogens with one attached hydrogen (secondary N) is 1. The number of aromatic nitrogens is 2. The molecule has 0 aliphatic heterocycles. The molecule has 2 rings (SSSR count). The number of hydrogen-bond donors (Lipinski definition) is 1. The van der Waals surface area contributed by atoms with Crippen molar-refractivity contribution in [3.63, 3.8) is 0 Å². The second kappa shape index (κ2) is 6.89. The van der Waals surface area contributed by atoms with E-state index in [0.29, 0.717) is 5.13 Å². The summed E-state index contributed by atoms with van der Waals surface area (Å²) in [5.74, 6) is -0.555. The maximum atomic E-state index is 12.1. The number of amides is 1. The molecule has 1 N–H and O–H groups in total. The van der Waals surface area contributed by atoms with Gasteiger partial charge in [0.1, 0.15) is 10.6 Å². The minimum absolute atomic E-state index is 0.00723. The molecule has 0 saturated heterocycles. The number of aryl methyl sites for hydroxylation is 1. The van der Waals surface area contributed by atoms with Gasteiger partial charge in [-0.25, -0.2) is 0 Å². The molecular weight excluding hydrogens is 292 g/mol. The summed E-state index contributed by atoms with van der Waals surface area (Å²) in [5.41, 5.74) is -0.224. The molecule has 1 amide bonds. The van der Waals surface area contributed by atoms with Gasteiger partial charge < -0.3 is 0 Å². The van der Waals surface area contributed by atoms with Gasteiger partial charge in [0.2, 0.25) is 5.13 Å². The number of rotatable bonds is 6. The van der Waals surface area contributed by atoms with Crippen molar-refractivity contribution >= 4 is 28.1 Å². The van der Waals surface area contributed by atoms with E-state index in [4.69, 9.17) is 0 Å². The lowest BCUT2D eigenvalue weighted by atomic mass is 10.1. The van der Waals surface area contributed by atoms with Gasteiger partial charge in [0, 0.05) is 12.5 Å². The number of benzene rings is 1. The summed E-state index contributed by atoms with van der Waals surface area (Å²) in [7, 11) is 0. The average Bonchev–Trinajstić information content (AvgIpc) is 2.92. The zero-order valence-electron chi connectivity index (χ0n) is 11.4. The van der Waals surface area contributed by atoms with Crippen LogP contribution in [0.2, 0.25) is 0 Å². The van der Waals surface area contributed by atoms with Crippen molar-refractivity contribution in [3.8, 4) is 0 Å². The van der Waals surface area contributed by atoms with Gasteiger partial charge in [-0.05, 0) is 12.5 Å². The SMILES string of the molecule is CCCCc1nnc(NC(=O)c2ccccc2[N+](=O)[O-])s1. The number of hydrogen-bond acceptors (Lipinski definition) is 6. The molecule has 2 aromatic rings. The summed E-state index contributed by atoms with van der Waals surface area (Å²) in [6.45, 7) is 2.08. The highest BCUT2D eigenvalue weighted by Crippen LogP contribution is 2.21. The van der Waals surface area contributed by atoms with Crippen LogP contribution in [0.3, 0.4) is 0 Å². The molecule has 0 aliphatic rings. The predicted molar refractivity (Wildman–Crippen MR) is 79.6 cm³/mol. The highest BCUT2D eigenvalue weighted by molar-refractivity contribution is 7.15. The van der Waals surface area contributed by atoms with Gasteiger partial charge in [-0.1, -0.05) is 36.8 Å². The van der Waals surface area contributed by atoms with Gasteiger partial charge in [-0.3, -0.25) is 20.2 Å². The Labute approximate surface area is 125 Å². The standard InChI is InChI=1S/C13H14N4O3S/c1-2-3-8-11-15-16-13(21-11)14-12(18)9-6-4-5-7-10(9)17(19)20/h4-7H,2-3,8H2,1H3,(H,14,16,18). The van der Waals surface area contributed by atoms with Crippen LogP contribution in [0.1, 0.15) is 35.1 Å². The Morgan fingerprint density at radius 2 is 2.14 bits per heavy atom. The Balaban J connectivity index is 2.11. The van der Waals surface area contributed by atoms with E-state index < -0.39 is 10.8 Å². The molecule has 0 spiro atoms. The topological polar surface area (TPSA) is 98.0 Å². The summed E-state index contributed by atoms with van der Waals surface area (Å²) >= 11 is 1.29. The summed E-state index contributed by atoms with van der Waals surface area (Å²) in [6, 6.07) is 5.80. The number of nitro benzene ring substituents is 1. The molecule has 8 heteroatoms. The highest BCUT2D eigenvalue weighted by Gasteiger charge is 2.20. The first kappa shape index (κ1) is 15.0. The summed E-state index contributed by atoms with van der Waals surface area (Å²) in [6.07, 6.45) is 2.87. The number of para-hydroxylation sites is 1. The van der Waals surface area contributed by atoms with Crippen molar-refractivity contribution in [2.24, 2.45) is 0 Å². The second-order valence-corrected chi connectivity index (χ2v) is 5.39. The van der Waals surface area contributed by atoms with Gasteiger partial charge in [0.05, 0.1) is 4.92 Å². The minimum Gasteiger partial charge on any atom is -0.296 e. The Morgan fingerprint density at radius 1 is 1.38 bits per heavy atom. The van der Waals surface area contributed by atoms with Crippen molar-refractivity contribution in [1.82, 2.24) is 10.2 Å². The molecule has 0 unspecified atom stereocenters. The van der Waals surface area contributed by atoms with Crippen LogP contribution in [0.4, 0.5) is 10.8 Å². The van der Waals surface area contributed by atoms with Crippen molar-refractivity contribution in [1.29, 1.82) is 0 Å². The third-order valence-electron chi connectivity index (χ3n) is 2.78. The van der Waals surface area contributed by atoms with Gasteiger partial charge >= 0.3 is 0 Å². The van der Waals surface area contributed by atoms with E-state index in [0.717, 1.165) is 24.3 Å². The monoisotopic (exact) mass is 306 g/mol. The maximum Gasteiger partial charge on any atom is 0.282 e. The van der Waals surface area contributed by atoms with Crippen LogP contribution in [0.15, 0.2) is 24.3 Å². The van der Waals surface area contributed by atoms with Crippen LogP contribution in [0, 0.1) is 10.1 Å². The number of carbonyl (C=O) groups excluding carboxylic acids is 1. The predicted octanol–water partition coefficient (Wildman–Crippen LogP) is 3.04. The molecule has 0 saturated carbocycles. The fourth-order valence-corrected chi connectivity index (χ4v) is 2.50. The number of carbonyl (C=O) groups is 1. The van der Waals surface area contributed by atoms with Gasteiger partial charge in [0.15, 0.2) is 0 Å². The van der Waals surface area contributed by atoms with Gasteiger partial charge in [-0.2, -0.15) is 0 Å². The number of anilines is 1. The van der Waals surface area contributed by atoms with Gasteiger partial charge in [0.25, 0.3) is 11.6 Å². The molecule has 110 valence electrons. The fraction of sp³-hybridized carbons (Fsp3) is 0.308.